The fourth-order valence-electron chi connectivity index (χ4n) is 3.84. The first kappa shape index (κ1) is 16.4. The fourth-order valence-corrected chi connectivity index (χ4v) is 3.84. The number of amides is 1. The normalized spacial score (nSPS) is 17.0. The summed E-state index contributed by atoms with van der Waals surface area (Å²) in [5.41, 5.74) is 3.26. The zero-order chi connectivity index (χ0) is 17.3. The Kier molecular flexibility index (Phi) is 4.27. The van der Waals surface area contributed by atoms with E-state index in [2.05, 4.69) is 32.3 Å². The molecule has 124 valence electrons. The van der Waals surface area contributed by atoms with Crippen LogP contribution in [0.1, 0.15) is 40.0 Å². The van der Waals surface area contributed by atoms with Gasteiger partial charge in [-0.05, 0) is 44.4 Å². The SMILES string of the molecule is C=CC(=O)N(C1=C(C)CCCC1(C)C)c1cccc2cnccc12. The number of fused-ring (bicyclic) bond motifs is 1. The Balaban J connectivity index is 2.28. The van der Waals surface area contributed by atoms with Crippen molar-refractivity contribution in [1.82, 2.24) is 4.98 Å². The van der Waals surface area contributed by atoms with Crippen LogP contribution in [-0.2, 0) is 4.79 Å². The molecule has 0 N–H and O–H groups in total. The van der Waals surface area contributed by atoms with Crippen LogP contribution in [0.15, 0.2) is 60.6 Å². The second-order valence-corrected chi connectivity index (χ2v) is 7.12. The smallest absolute Gasteiger partial charge is 0.254 e. The van der Waals surface area contributed by atoms with Gasteiger partial charge in [0, 0.05) is 34.3 Å². The standard InChI is InChI=1S/C21H24N2O/c1-5-19(24)23(20-15(2)8-7-12-21(20,3)4)18-10-6-9-16-14-22-13-11-17(16)18/h5-6,9-11,13-14H,1,7-8,12H2,2-4H3. The largest absolute Gasteiger partial charge is 0.280 e. The van der Waals surface area contributed by atoms with E-state index in [4.69, 9.17) is 0 Å². The Labute approximate surface area is 143 Å². The highest BCUT2D eigenvalue weighted by Gasteiger charge is 2.35. The Bertz CT molecular complexity index is 827. The topological polar surface area (TPSA) is 33.2 Å². The van der Waals surface area contributed by atoms with Gasteiger partial charge in [-0.25, -0.2) is 0 Å². The molecule has 0 atom stereocenters. The van der Waals surface area contributed by atoms with E-state index in [0.29, 0.717) is 0 Å². The van der Waals surface area contributed by atoms with E-state index in [-0.39, 0.29) is 11.3 Å². The third kappa shape index (κ3) is 2.75. The van der Waals surface area contributed by atoms with E-state index in [1.165, 1.54) is 11.6 Å². The van der Waals surface area contributed by atoms with Gasteiger partial charge < -0.3 is 0 Å². The Morgan fingerprint density at radius 1 is 1.33 bits per heavy atom. The molecule has 24 heavy (non-hydrogen) atoms. The second-order valence-electron chi connectivity index (χ2n) is 7.12. The summed E-state index contributed by atoms with van der Waals surface area (Å²) in [5.74, 6) is -0.0800. The minimum absolute atomic E-state index is 0.0454. The molecule has 0 fully saturated rings. The van der Waals surface area contributed by atoms with Crippen molar-refractivity contribution in [3.05, 3.63) is 60.6 Å². The first-order valence-corrected chi connectivity index (χ1v) is 8.45. The number of benzene rings is 1. The predicted octanol–water partition coefficient (Wildman–Crippen LogP) is 5.24. The first-order chi connectivity index (χ1) is 11.5. The summed E-state index contributed by atoms with van der Waals surface area (Å²) in [6, 6.07) is 7.98. The first-order valence-electron chi connectivity index (χ1n) is 8.45. The van der Waals surface area contributed by atoms with E-state index in [9.17, 15) is 4.79 Å². The molecule has 1 heterocycles. The van der Waals surface area contributed by atoms with E-state index in [1.807, 2.05) is 35.4 Å². The maximum atomic E-state index is 12.8. The molecule has 0 aliphatic heterocycles. The molecule has 1 aliphatic carbocycles. The van der Waals surface area contributed by atoms with Crippen molar-refractivity contribution in [1.29, 1.82) is 0 Å². The monoisotopic (exact) mass is 320 g/mol. The van der Waals surface area contributed by atoms with Gasteiger partial charge in [0.25, 0.3) is 5.91 Å². The number of anilines is 1. The van der Waals surface area contributed by atoms with Gasteiger partial charge in [0.05, 0.1) is 5.69 Å². The van der Waals surface area contributed by atoms with Gasteiger partial charge in [-0.2, -0.15) is 0 Å². The van der Waals surface area contributed by atoms with Crippen molar-refractivity contribution in [3.8, 4) is 0 Å². The van der Waals surface area contributed by atoms with Gasteiger partial charge in [0.1, 0.15) is 0 Å². The highest BCUT2D eigenvalue weighted by Crippen LogP contribution is 2.44. The van der Waals surface area contributed by atoms with Crippen molar-refractivity contribution < 1.29 is 4.79 Å². The number of pyridine rings is 1. The Hall–Kier alpha value is -2.42. The van der Waals surface area contributed by atoms with Crippen LogP contribution < -0.4 is 4.90 Å². The Morgan fingerprint density at radius 2 is 2.12 bits per heavy atom. The van der Waals surface area contributed by atoms with Crippen molar-refractivity contribution in [2.24, 2.45) is 5.41 Å². The summed E-state index contributed by atoms with van der Waals surface area (Å²) in [5, 5.41) is 2.06. The van der Waals surface area contributed by atoms with Crippen LogP contribution in [0.25, 0.3) is 10.8 Å². The van der Waals surface area contributed by atoms with Gasteiger partial charge in [0.2, 0.25) is 0 Å². The number of aromatic nitrogens is 1. The molecule has 0 spiro atoms. The van der Waals surface area contributed by atoms with Crippen LogP contribution in [0.3, 0.4) is 0 Å². The number of hydrogen-bond donors (Lipinski definition) is 0. The van der Waals surface area contributed by atoms with Crippen molar-refractivity contribution in [3.63, 3.8) is 0 Å². The molecule has 0 saturated heterocycles. The summed E-state index contributed by atoms with van der Waals surface area (Å²) in [4.78, 5) is 18.9. The molecule has 1 aromatic carbocycles. The van der Waals surface area contributed by atoms with Crippen LogP contribution in [0.4, 0.5) is 5.69 Å². The summed E-state index contributed by atoms with van der Waals surface area (Å²) >= 11 is 0. The lowest BCUT2D eigenvalue weighted by atomic mass is 9.75. The van der Waals surface area contributed by atoms with Crippen LogP contribution in [-0.4, -0.2) is 10.9 Å². The zero-order valence-corrected chi connectivity index (χ0v) is 14.7. The minimum Gasteiger partial charge on any atom is -0.280 e. The molecule has 1 aliphatic rings. The van der Waals surface area contributed by atoms with Gasteiger partial charge in [0.15, 0.2) is 0 Å². The van der Waals surface area contributed by atoms with Crippen LogP contribution >= 0.6 is 0 Å². The molecule has 3 heteroatoms. The van der Waals surface area contributed by atoms with Crippen molar-refractivity contribution in [2.75, 3.05) is 4.90 Å². The predicted molar refractivity (Wildman–Crippen MR) is 99.8 cm³/mol. The average Bonchev–Trinajstić information content (AvgIpc) is 2.57. The van der Waals surface area contributed by atoms with Crippen molar-refractivity contribution in [2.45, 2.75) is 40.0 Å². The summed E-state index contributed by atoms with van der Waals surface area (Å²) in [7, 11) is 0. The van der Waals surface area contributed by atoms with E-state index in [0.717, 1.165) is 41.4 Å². The number of carbonyl (C=O) groups is 1. The number of rotatable bonds is 3. The Morgan fingerprint density at radius 3 is 2.83 bits per heavy atom. The molecule has 3 rings (SSSR count). The minimum atomic E-state index is -0.0800. The number of nitrogens with zero attached hydrogens (tertiary/aromatic N) is 2. The molecule has 0 unspecified atom stereocenters. The van der Waals surface area contributed by atoms with E-state index in [1.54, 1.807) is 6.20 Å². The molecule has 1 aromatic heterocycles. The molecular weight excluding hydrogens is 296 g/mol. The van der Waals surface area contributed by atoms with Crippen LogP contribution in [0.2, 0.25) is 0 Å². The lowest BCUT2D eigenvalue weighted by molar-refractivity contribution is -0.114. The zero-order valence-electron chi connectivity index (χ0n) is 14.7. The molecule has 3 nitrogen and oxygen atoms in total. The van der Waals surface area contributed by atoms with Gasteiger partial charge in [-0.1, -0.05) is 38.1 Å². The maximum absolute atomic E-state index is 12.8. The fraction of sp³-hybridized carbons (Fsp3) is 0.333. The number of hydrogen-bond acceptors (Lipinski definition) is 2. The third-order valence-corrected chi connectivity index (χ3v) is 4.92. The number of allylic oxidation sites excluding steroid dienone is 2. The lowest BCUT2D eigenvalue weighted by Crippen LogP contribution is -2.38. The second kappa shape index (κ2) is 6.23. The highest BCUT2D eigenvalue weighted by atomic mass is 16.2. The lowest BCUT2D eigenvalue weighted by Gasteiger charge is -2.40. The molecule has 1 amide bonds. The van der Waals surface area contributed by atoms with Crippen molar-refractivity contribution >= 4 is 22.4 Å². The summed E-state index contributed by atoms with van der Waals surface area (Å²) in [6.07, 6.45) is 8.29. The molecular formula is C21H24N2O. The summed E-state index contributed by atoms with van der Waals surface area (Å²) in [6.45, 7) is 10.3. The highest BCUT2D eigenvalue weighted by molar-refractivity contribution is 6.09. The molecule has 2 aromatic rings. The van der Waals surface area contributed by atoms with E-state index < -0.39 is 0 Å². The average molecular weight is 320 g/mol. The van der Waals surface area contributed by atoms with Crippen LogP contribution in [0, 0.1) is 5.41 Å². The van der Waals surface area contributed by atoms with Gasteiger partial charge in [-0.3, -0.25) is 14.7 Å². The number of carbonyl (C=O) groups excluding carboxylic acids is 1. The molecule has 0 bridgehead atoms. The summed E-state index contributed by atoms with van der Waals surface area (Å²) < 4.78 is 0. The quantitative estimate of drug-likeness (QED) is 0.725. The van der Waals surface area contributed by atoms with Gasteiger partial charge in [-0.15, -0.1) is 0 Å². The maximum Gasteiger partial charge on any atom is 0.254 e. The van der Waals surface area contributed by atoms with Crippen LogP contribution in [0.5, 0.6) is 0 Å². The molecule has 0 radical (unpaired) electrons. The van der Waals surface area contributed by atoms with Gasteiger partial charge >= 0.3 is 0 Å². The van der Waals surface area contributed by atoms with E-state index >= 15 is 0 Å². The third-order valence-electron chi connectivity index (χ3n) is 4.92. The molecule has 0 saturated carbocycles.